The summed E-state index contributed by atoms with van der Waals surface area (Å²) in [4.78, 5) is 31.5. The minimum atomic E-state index is -0.140. The van der Waals surface area contributed by atoms with Gasteiger partial charge < -0.3 is 14.4 Å². The molecule has 0 unspecified atom stereocenters. The minimum absolute atomic E-state index is 0.140. The van der Waals surface area contributed by atoms with Crippen molar-refractivity contribution in [2.45, 2.75) is 57.5 Å². The van der Waals surface area contributed by atoms with Crippen LogP contribution in [0.25, 0.3) is 10.9 Å². The second-order valence-corrected chi connectivity index (χ2v) is 7.37. The van der Waals surface area contributed by atoms with Gasteiger partial charge in [-0.25, -0.2) is 4.98 Å². The molecule has 1 amide bonds. The number of hydrogen-bond donors (Lipinski definition) is 0. The average Bonchev–Trinajstić information content (AvgIpc) is 2.74. The number of nitrogens with zero attached hydrogens (tertiary/aromatic N) is 3. The molecule has 1 aromatic carbocycles. The zero-order valence-corrected chi connectivity index (χ0v) is 16.9. The molecule has 0 N–H and O–H groups in total. The number of aryl methyl sites for hydroxylation is 1. The molecule has 0 aliphatic heterocycles. The lowest BCUT2D eigenvalue weighted by Crippen LogP contribution is -2.38. The molecule has 0 saturated heterocycles. The van der Waals surface area contributed by atoms with Crippen LogP contribution in [0.15, 0.2) is 23.3 Å². The summed E-state index contributed by atoms with van der Waals surface area (Å²) in [6.07, 6.45) is 8.45. The number of hydrogen-bond acceptors (Lipinski definition) is 5. The third-order valence-electron chi connectivity index (χ3n) is 5.63. The highest BCUT2D eigenvalue weighted by atomic mass is 16.5. The van der Waals surface area contributed by atoms with Crippen LogP contribution in [0, 0.1) is 0 Å². The summed E-state index contributed by atoms with van der Waals surface area (Å²) in [5.41, 5.74) is 0.422. The summed E-state index contributed by atoms with van der Waals surface area (Å²) in [6.45, 7) is 0.459. The monoisotopic (exact) mass is 387 g/mol. The van der Waals surface area contributed by atoms with E-state index in [1.165, 1.54) is 32.7 Å². The molecule has 1 aliphatic carbocycles. The lowest BCUT2D eigenvalue weighted by Gasteiger charge is -2.31. The maximum Gasteiger partial charge on any atom is 0.261 e. The lowest BCUT2D eigenvalue weighted by atomic mass is 9.94. The highest BCUT2D eigenvalue weighted by Crippen LogP contribution is 2.29. The number of rotatable bonds is 7. The Hall–Kier alpha value is -2.57. The van der Waals surface area contributed by atoms with Gasteiger partial charge in [0.15, 0.2) is 11.5 Å². The van der Waals surface area contributed by atoms with E-state index < -0.39 is 0 Å². The lowest BCUT2D eigenvalue weighted by molar-refractivity contribution is -0.132. The molecule has 3 rings (SSSR count). The third-order valence-corrected chi connectivity index (χ3v) is 5.63. The number of methoxy groups -OCH3 is 2. The second kappa shape index (κ2) is 9.08. The predicted molar refractivity (Wildman–Crippen MR) is 108 cm³/mol. The summed E-state index contributed by atoms with van der Waals surface area (Å²) in [5, 5.41) is 0.478. The summed E-state index contributed by atoms with van der Waals surface area (Å²) < 4.78 is 12.1. The summed E-state index contributed by atoms with van der Waals surface area (Å²) in [7, 11) is 4.99. The van der Waals surface area contributed by atoms with Crippen molar-refractivity contribution < 1.29 is 14.3 Å². The molecular formula is C21H29N3O4. The fourth-order valence-electron chi connectivity index (χ4n) is 3.89. The molecule has 1 aliphatic rings. The number of benzene rings is 1. The molecule has 0 radical (unpaired) electrons. The van der Waals surface area contributed by atoms with Crippen LogP contribution in [0.2, 0.25) is 0 Å². The first-order valence-corrected chi connectivity index (χ1v) is 9.92. The topological polar surface area (TPSA) is 73.7 Å². The molecule has 7 heteroatoms. The molecule has 1 fully saturated rings. The van der Waals surface area contributed by atoms with E-state index in [1.54, 1.807) is 23.8 Å². The summed E-state index contributed by atoms with van der Waals surface area (Å²) >= 11 is 0. The van der Waals surface area contributed by atoms with Crippen LogP contribution < -0.4 is 15.0 Å². The fourth-order valence-corrected chi connectivity index (χ4v) is 3.89. The molecule has 1 aromatic heterocycles. The number of amides is 1. The molecule has 28 heavy (non-hydrogen) atoms. The van der Waals surface area contributed by atoms with Crippen molar-refractivity contribution >= 4 is 16.8 Å². The van der Waals surface area contributed by atoms with Crippen molar-refractivity contribution in [2.24, 2.45) is 0 Å². The SMILES string of the molecule is COc1cc2ncn(CCCC(=O)N(C)C3CCCCC3)c(=O)c2cc1OC. The van der Waals surface area contributed by atoms with Gasteiger partial charge in [-0.05, 0) is 25.3 Å². The Kier molecular flexibility index (Phi) is 6.54. The molecule has 1 saturated carbocycles. The standard InChI is InChI=1S/C21H29N3O4/c1-23(15-8-5-4-6-9-15)20(25)10-7-11-24-14-22-17-13-19(28-3)18(27-2)12-16(17)21(24)26/h12-15H,4-11H2,1-3H3. The highest BCUT2D eigenvalue weighted by Gasteiger charge is 2.21. The van der Waals surface area contributed by atoms with Crippen LogP contribution in [0.5, 0.6) is 11.5 Å². The first-order valence-electron chi connectivity index (χ1n) is 9.92. The molecule has 0 atom stereocenters. The van der Waals surface area contributed by atoms with Crippen molar-refractivity contribution in [3.8, 4) is 11.5 Å². The molecule has 152 valence electrons. The van der Waals surface area contributed by atoms with Crippen LogP contribution in [-0.2, 0) is 11.3 Å². The van der Waals surface area contributed by atoms with E-state index in [9.17, 15) is 9.59 Å². The van der Waals surface area contributed by atoms with E-state index in [-0.39, 0.29) is 11.5 Å². The zero-order valence-electron chi connectivity index (χ0n) is 16.9. The van der Waals surface area contributed by atoms with Gasteiger partial charge in [-0.1, -0.05) is 19.3 Å². The molecular weight excluding hydrogens is 358 g/mol. The van der Waals surface area contributed by atoms with Crippen molar-refractivity contribution in [3.63, 3.8) is 0 Å². The molecule has 2 aromatic rings. The minimum Gasteiger partial charge on any atom is -0.493 e. The van der Waals surface area contributed by atoms with Crippen LogP contribution in [0.1, 0.15) is 44.9 Å². The Labute approximate surface area is 165 Å². The van der Waals surface area contributed by atoms with Crippen molar-refractivity contribution in [1.29, 1.82) is 0 Å². The van der Waals surface area contributed by atoms with Crippen LogP contribution in [0.4, 0.5) is 0 Å². The van der Waals surface area contributed by atoms with Gasteiger partial charge in [-0.3, -0.25) is 14.2 Å². The Morgan fingerprint density at radius 3 is 2.54 bits per heavy atom. The van der Waals surface area contributed by atoms with E-state index in [0.29, 0.717) is 47.8 Å². The molecule has 1 heterocycles. The number of ether oxygens (including phenoxy) is 2. The zero-order chi connectivity index (χ0) is 20.1. The van der Waals surface area contributed by atoms with E-state index >= 15 is 0 Å². The average molecular weight is 387 g/mol. The van der Waals surface area contributed by atoms with E-state index in [4.69, 9.17) is 9.47 Å². The highest BCUT2D eigenvalue weighted by molar-refractivity contribution is 5.81. The number of aromatic nitrogens is 2. The normalized spacial score (nSPS) is 14.8. The number of carbonyl (C=O) groups is 1. The van der Waals surface area contributed by atoms with Gasteiger partial charge in [-0.2, -0.15) is 0 Å². The smallest absolute Gasteiger partial charge is 0.261 e. The van der Waals surface area contributed by atoms with Gasteiger partial charge in [0.25, 0.3) is 5.56 Å². The first kappa shape index (κ1) is 20.2. The summed E-state index contributed by atoms with van der Waals surface area (Å²) in [5.74, 6) is 1.19. The predicted octanol–water partition coefficient (Wildman–Crippen LogP) is 2.99. The maximum atomic E-state index is 12.8. The fraction of sp³-hybridized carbons (Fsp3) is 0.571. The van der Waals surface area contributed by atoms with Crippen molar-refractivity contribution in [2.75, 3.05) is 21.3 Å². The summed E-state index contributed by atoms with van der Waals surface area (Å²) in [6, 6.07) is 3.72. The Morgan fingerprint density at radius 2 is 1.86 bits per heavy atom. The van der Waals surface area contributed by atoms with Gasteiger partial charge in [0.2, 0.25) is 5.91 Å². The maximum absolute atomic E-state index is 12.8. The molecule has 0 spiro atoms. The van der Waals surface area contributed by atoms with Gasteiger partial charge in [0.1, 0.15) is 0 Å². The Bertz CT molecular complexity index is 887. The van der Waals surface area contributed by atoms with Crippen LogP contribution in [-0.4, -0.2) is 47.7 Å². The Balaban J connectivity index is 1.66. The first-order chi connectivity index (χ1) is 13.5. The van der Waals surface area contributed by atoms with E-state index in [0.717, 1.165) is 12.8 Å². The van der Waals surface area contributed by atoms with Crippen molar-refractivity contribution in [3.05, 3.63) is 28.8 Å². The third kappa shape index (κ3) is 4.29. The van der Waals surface area contributed by atoms with Crippen LogP contribution >= 0.6 is 0 Å². The van der Waals surface area contributed by atoms with Crippen LogP contribution in [0.3, 0.4) is 0 Å². The largest absolute Gasteiger partial charge is 0.493 e. The van der Waals surface area contributed by atoms with E-state index in [2.05, 4.69) is 4.98 Å². The molecule has 0 bridgehead atoms. The van der Waals surface area contributed by atoms with Gasteiger partial charge >= 0.3 is 0 Å². The van der Waals surface area contributed by atoms with E-state index in [1.807, 2.05) is 11.9 Å². The van der Waals surface area contributed by atoms with Crippen molar-refractivity contribution in [1.82, 2.24) is 14.5 Å². The Morgan fingerprint density at radius 1 is 1.18 bits per heavy atom. The number of carbonyl (C=O) groups excluding carboxylic acids is 1. The number of fused-ring (bicyclic) bond motifs is 1. The van der Waals surface area contributed by atoms with Gasteiger partial charge in [-0.15, -0.1) is 0 Å². The van der Waals surface area contributed by atoms with Gasteiger partial charge in [0, 0.05) is 32.1 Å². The second-order valence-electron chi connectivity index (χ2n) is 7.37. The molecule has 7 nitrogen and oxygen atoms in total. The van der Waals surface area contributed by atoms with Gasteiger partial charge in [0.05, 0.1) is 31.4 Å². The quantitative estimate of drug-likeness (QED) is 0.730.